The van der Waals surface area contributed by atoms with Crippen LogP contribution < -0.4 is 5.32 Å². The van der Waals surface area contributed by atoms with Crippen LogP contribution in [-0.4, -0.2) is 36.5 Å². The van der Waals surface area contributed by atoms with Gasteiger partial charge in [0.15, 0.2) is 0 Å². The van der Waals surface area contributed by atoms with Crippen LogP contribution in [0.5, 0.6) is 0 Å². The van der Waals surface area contributed by atoms with Crippen molar-refractivity contribution < 1.29 is 14.4 Å². The van der Waals surface area contributed by atoms with E-state index in [1.165, 1.54) is 0 Å². The van der Waals surface area contributed by atoms with E-state index in [4.69, 9.17) is 9.57 Å². The molecule has 6 heteroatoms. The molecule has 0 saturated carbocycles. The van der Waals surface area contributed by atoms with Gasteiger partial charge in [0, 0.05) is 19.6 Å². The Kier molecular flexibility index (Phi) is 3.76. The second-order valence-corrected chi connectivity index (χ2v) is 6.31. The highest BCUT2D eigenvalue weighted by Gasteiger charge is 2.42. The largest absolute Gasteiger partial charge is 0.379 e. The number of hydrogen-bond donors (Lipinski definition) is 1. The molecule has 1 N–H and O–H groups in total. The number of carbonyl (C=O) groups excluding carboxylic acids is 1. The van der Waals surface area contributed by atoms with Gasteiger partial charge in [-0.1, -0.05) is 11.2 Å². The summed E-state index contributed by atoms with van der Waals surface area (Å²) in [6.07, 6.45) is 2.72. The van der Waals surface area contributed by atoms with Gasteiger partial charge in [-0.3, -0.25) is 4.79 Å². The fourth-order valence-corrected chi connectivity index (χ4v) is 3.14. The minimum atomic E-state index is -0.905. The normalized spacial score (nSPS) is 29.1. The summed E-state index contributed by atoms with van der Waals surface area (Å²) >= 11 is 1.60. The van der Waals surface area contributed by atoms with E-state index in [0.717, 1.165) is 30.0 Å². The topological polar surface area (TPSA) is 59.9 Å². The summed E-state index contributed by atoms with van der Waals surface area (Å²) in [6, 6.07) is 3.96. The molecule has 1 amide bonds. The van der Waals surface area contributed by atoms with Gasteiger partial charge in [-0.25, -0.2) is 0 Å². The fourth-order valence-electron chi connectivity index (χ4n) is 2.44. The first-order chi connectivity index (χ1) is 9.67. The van der Waals surface area contributed by atoms with Crippen LogP contribution in [0.1, 0.15) is 31.1 Å². The Morgan fingerprint density at radius 2 is 2.55 bits per heavy atom. The maximum absolute atomic E-state index is 12.3. The van der Waals surface area contributed by atoms with Gasteiger partial charge in [-0.05, 0) is 31.2 Å². The zero-order valence-electron chi connectivity index (χ0n) is 11.4. The van der Waals surface area contributed by atoms with Crippen LogP contribution in [0.15, 0.2) is 22.7 Å². The fraction of sp³-hybridized carbons (Fsp3) is 0.571. The zero-order chi connectivity index (χ0) is 14.0. The van der Waals surface area contributed by atoms with Crippen LogP contribution in [0.4, 0.5) is 0 Å². The zero-order valence-corrected chi connectivity index (χ0v) is 12.2. The lowest BCUT2D eigenvalue weighted by Gasteiger charge is -2.21. The lowest BCUT2D eigenvalue weighted by molar-refractivity contribution is -0.142. The standard InChI is InChI=1S/C14H18N2O3S/c1-14(13(17)15-9-10-4-2-6-18-10)8-11(16-19-14)12-5-3-7-20-12/h3,5,7,10H,2,4,6,8-9H2,1H3,(H,15,17)/t10-,14-/m0/s1. The van der Waals surface area contributed by atoms with Crippen molar-refractivity contribution in [2.45, 2.75) is 37.9 Å². The summed E-state index contributed by atoms with van der Waals surface area (Å²) in [4.78, 5) is 18.7. The second-order valence-electron chi connectivity index (χ2n) is 5.36. The molecule has 1 fully saturated rings. The third-order valence-corrected chi connectivity index (χ3v) is 4.58. The summed E-state index contributed by atoms with van der Waals surface area (Å²) in [5, 5.41) is 8.97. The van der Waals surface area contributed by atoms with Gasteiger partial charge in [-0.15, -0.1) is 11.3 Å². The van der Waals surface area contributed by atoms with E-state index in [-0.39, 0.29) is 12.0 Å². The maximum atomic E-state index is 12.3. The lowest BCUT2D eigenvalue weighted by Crippen LogP contribution is -2.46. The third kappa shape index (κ3) is 2.71. The van der Waals surface area contributed by atoms with Crippen LogP contribution in [0.25, 0.3) is 0 Å². The van der Waals surface area contributed by atoms with Crippen molar-refractivity contribution in [2.75, 3.05) is 13.2 Å². The molecule has 5 nitrogen and oxygen atoms in total. The first-order valence-corrected chi connectivity index (χ1v) is 7.74. The molecule has 1 aromatic rings. The molecule has 0 bridgehead atoms. The summed E-state index contributed by atoms with van der Waals surface area (Å²) < 4.78 is 5.50. The number of nitrogens with one attached hydrogen (secondary N) is 1. The molecule has 0 aromatic carbocycles. The number of oxime groups is 1. The van der Waals surface area contributed by atoms with E-state index in [2.05, 4.69) is 10.5 Å². The van der Waals surface area contributed by atoms with Crippen molar-refractivity contribution in [3.05, 3.63) is 22.4 Å². The van der Waals surface area contributed by atoms with E-state index in [1.807, 2.05) is 17.5 Å². The Morgan fingerprint density at radius 1 is 1.65 bits per heavy atom. The molecule has 3 heterocycles. The highest BCUT2D eigenvalue weighted by Crippen LogP contribution is 2.28. The predicted octanol–water partition coefficient (Wildman–Crippen LogP) is 1.93. The molecule has 20 heavy (non-hydrogen) atoms. The van der Waals surface area contributed by atoms with Gasteiger partial charge in [0.1, 0.15) is 5.71 Å². The highest BCUT2D eigenvalue weighted by atomic mass is 32.1. The highest BCUT2D eigenvalue weighted by molar-refractivity contribution is 7.12. The molecule has 2 aliphatic rings. The Morgan fingerprint density at radius 3 is 3.25 bits per heavy atom. The van der Waals surface area contributed by atoms with Crippen molar-refractivity contribution in [1.82, 2.24) is 5.32 Å². The Labute approximate surface area is 121 Å². The van der Waals surface area contributed by atoms with Crippen LogP contribution in [-0.2, 0) is 14.4 Å². The van der Waals surface area contributed by atoms with Gasteiger partial charge in [0.25, 0.3) is 5.91 Å². The Bertz CT molecular complexity index is 508. The molecule has 2 aliphatic heterocycles. The molecule has 0 radical (unpaired) electrons. The van der Waals surface area contributed by atoms with E-state index in [9.17, 15) is 4.79 Å². The van der Waals surface area contributed by atoms with E-state index in [0.29, 0.717) is 13.0 Å². The van der Waals surface area contributed by atoms with Crippen molar-refractivity contribution in [2.24, 2.45) is 5.16 Å². The average molecular weight is 294 g/mol. The van der Waals surface area contributed by atoms with Gasteiger partial charge < -0.3 is 14.9 Å². The minimum Gasteiger partial charge on any atom is -0.379 e. The maximum Gasteiger partial charge on any atom is 0.267 e. The van der Waals surface area contributed by atoms with Gasteiger partial charge in [0.2, 0.25) is 5.60 Å². The number of hydrogen-bond acceptors (Lipinski definition) is 5. The van der Waals surface area contributed by atoms with Crippen molar-refractivity contribution in [3.8, 4) is 0 Å². The van der Waals surface area contributed by atoms with Crippen molar-refractivity contribution in [1.29, 1.82) is 0 Å². The van der Waals surface area contributed by atoms with E-state index < -0.39 is 5.60 Å². The van der Waals surface area contributed by atoms with E-state index >= 15 is 0 Å². The molecular formula is C14H18N2O3S. The molecule has 3 rings (SSSR count). The quantitative estimate of drug-likeness (QED) is 0.923. The molecular weight excluding hydrogens is 276 g/mol. The molecule has 2 atom stereocenters. The summed E-state index contributed by atoms with van der Waals surface area (Å²) in [6.45, 7) is 3.12. The SMILES string of the molecule is C[C@@]1(C(=O)NC[C@@H]2CCCO2)CC(c2cccs2)=NO1. The van der Waals surface area contributed by atoms with Gasteiger partial charge in [-0.2, -0.15) is 0 Å². The van der Waals surface area contributed by atoms with Crippen LogP contribution >= 0.6 is 11.3 Å². The molecule has 108 valence electrons. The number of amides is 1. The van der Waals surface area contributed by atoms with Gasteiger partial charge >= 0.3 is 0 Å². The number of ether oxygens (including phenoxy) is 1. The van der Waals surface area contributed by atoms with Crippen LogP contribution in [0.3, 0.4) is 0 Å². The average Bonchev–Trinajstić information content (AvgIpc) is 3.17. The number of rotatable bonds is 4. The second kappa shape index (κ2) is 5.54. The molecule has 0 aliphatic carbocycles. The Balaban J connectivity index is 1.55. The smallest absolute Gasteiger partial charge is 0.267 e. The molecule has 1 aromatic heterocycles. The lowest BCUT2D eigenvalue weighted by atomic mass is 9.98. The van der Waals surface area contributed by atoms with Crippen LogP contribution in [0, 0.1) is 0 Å². The van der Waals surface area contributed by atoms with E-state index in [1.54, 1.807) is 18.3 Å². The first-order valence-electron chi connectivity index (χ1n) is 6.86. The molecule has 0 spiro atoms. The monoisotopic (exact) mass is 294 g/mol. The number of thiophene rings is 1. The minimum absolute atomic E-state index is 0.122. The summed E-state index contributed by atoms with van der Waals surface area (Å²) in [5.41, 5.74) is -0.0625. The predicted molar refractivity (Wildman–Crippen MR) is 76.9 cm³/mol. The van der Waals surface area contributed by atoms with Crippen LogP contribution in [0.2, 0.25) is 0 Å². The number of carbonyl (C=O) groups is 1. The summed E-state index contributed by atoms with van der Waals surface area (Å²) in [5.74, 6) is -0.122. The Hall–Kier alpha value is -1.40. The summed E-state index contributed by atoms with van der Waals surface area (Å²) in [7, 11) is 0. The molecule has 1 saturated heterocycles. The third-order valence-electron chi connectivity index (χ3n) is 3.66. The van der Waals surface area contributed by atoms with Crippen molar-refractivity contribution in [3.63, 3.8) is 0 Å². The van der Waals surface area contributed by atoms with Crippen molar-refractivity contribution >= 4 is 23.0 Å². The van der Waals surface area contributed by atoms with Gasteiger partial charge in [0.05, 0.1) is 11.0 Å². The first kappa shape index (κ1) is 13.6. The number of nitrogens with zero attached hydrogens (tertiary/aromatic N) is 1. The molecule has 0 unspecified atom stereocenters.